The van der Waals surface area contributed by atoms with Crippen molar-refractivity contribution in [3.63, 3.8) is 0 Å². The lowest BCUT2D eigenvalue weighted by Gasteiger charge is -2.20. The van der Waals surface area contributed by atoms with Crippen LogP contribution in [0.5, 0.6) is 0 Å². The number of aliphatic hydroxyl groups excluding tert-OH is 1. The second-order valence-electron chi connectivity index (χ2n) is 7.55. The van der Waals surface area contributed by atoms with Gasteiger partial charge < -0.3 is 15.2 Å². The minimum Gasteiger partial charge on any atom is -0.467 e. The highest BCUT2D eigenvalue weighted by Crippen LogP contribution is 2.29. The van der Waals surface area contributed by atoms with Crippen molar-refractivity contribution in [2.24, 2.45) is 0 Å². The molecule has 0 saturated carbocycles. The molecule has 0 aliphatic rings. The van der Waals surface area contributed by atoms with E-state index in [-0.39, 0.29) is 5.91 Å². The standard InChI is InChI=1S/C28H28N2O3.CH4O/c1-5-7-9-14-20(6-2)26(28(32)33-4)30-27(31)24-19(3)25(21-15-10-8-11-16-21)29-23-18-13-12-17-22(23)24;1-2/h5-6,8,10-18,26H,1-2,7,9H2,3-4H3,(H,30,31);2H,1H3/b20-14+;. The predicted octanol–water partition coefficient (Wildman–Crippen LogP) is 5.17. The third-order valence-electron chi connectivity index (χ3n) is 5.44. The maximum atomic E-state index is 13.6. The van der Waals surface area contributed by atoms with Crippen molar-refractivity contribution < 1.29 is 19.4 Å². The second kappa shape index (κ2) is 13.6. The van der Waals surface area contributed by atoms with Gasteiger partial charge in [0.15, 0.2) is 6.04 Å². The van der Waals surface area contributed by atoms with E-state index in [1.807, 2.05) is 67.6 Å². The monoisotopic (exact) mass is 472 g/mol. The van der Waals surface area contributed by atoms with E-state index in [1.54, 1.807) is 12.2 Å². The van der Waals surface area contributed by atoms with Crippen LogP contribution in [0.15, 0.2) is 91.6 Å². The van der Waals surface area contributed by atoms with Crippen LogP contribution in [-0.4, -0.2) is 42.2 Å². The Balaban J connectivity index is 0.00000210. The zero-order valence-electron chi connectivity index (χ0n) is 20.5. The summed E-state index contributed by atoms with van der Waals surface area (Å²) in [5, 5.41) is 10.6. The molecule has 0 saturated heterocycles. The number of fused-ring (bicyclic) bond motifs is 1. The number of para-hydroxylation sites is 1. The Hall–Kier alpha value is -4.03. The van der Waals surface area contributed by atoms with Gasteiger partial charge in [0.05, 0.1) is 23.9 Å². The summed E-state index contributed by atoms with van der Waals surface area (Å²) in [4.78, 5) is 31.0. The Labute approximate surface area is 206 Å². The van der Waals surface area contributed by atoms with Crippen LogP contribution < -0.4 is 5.32 Å². The van der Waals surface area contributed by atoms with Crippen LogP contribution in [0.4, 0.5) is 0 Å². The number of carbonyl (C=O) groups excluding carboxylic acids is 2. The van der Waals surface area contributed by atoms with E-state index in [0.29, 0.717) is 28.5 Å². The van der Waals surface area contributed by atoms with Crippen LogP contribution in [0.3, 0.4) is 0 Å². The number of pyridine rings is 1. The van der Waals surface area contributed by atoms with E-state index >= 15 is 0 Å². The summed E-state index contributed by atoms with van der Waals surface area (Å²) in [5.74, 6) is -0.942. The normalized spacial score (nSPS) is 11.6. The molecular formula is C29H32N2O4. The van der Waals surface area contributed by atoms with E-state index < -0.39 is 12.0 Å². The molecule has 0 spiro atoms. The molecule has 0 fully saturated rings. The van der Waals surface area contributed by atoms with Crippen molar-refractivity contribution in [1.82, 2.24) is 10.3 Å². The molecule has 1 aromatic heterocycles. The highest BCUT2D eigenvalue weighted by Gasteiger charge is 2.27. The number of allylic oxidation sites excluding steroid dienone is 2. The number of methoxy groups -OCH3 is 1. The average molecular weight is 473 g/mol. The fourth-order valence-corrected chi connectivity index (χ4v) is 3.76. The van der Waals surface area contributed by atoms with Gasteiger partial charge in [-0.1, -0.05) is 73.3 Å². The number of aliphatic hydroxyl groups is 1. The molecule has 1 unspecified atom stereocenters. The zero-order valence-corrected chi connectivity index (χ0v) is 20.5. The molecular weight excluding hydrogens is 440 g/mol. The van der Waals surface area contributed by atoms with Crippen LogP contribution in [-0.2, 0) is 9.53 Å². The number of amides is 1. The number of esters is 1. The molecule has 1 atom stereocenters. The van der Waals surface area contributed by atoms with Crippen molar-refractivity contribution in [1.29, 1.82) is 0 Å². The highest BCUT2D eigenvalue weighted by atomic mass is 16.5. The van der Waals surface area contributed by atoms with E-state index in [9.17, 15) is 9.59 Å². The van der Waals surface area contributed by atoms with Gasteiger partial charge >= 0.3 is 5.97 Å². The smallest absolute Gasteiger partial charge is 0.333 e. The number of carbonyl (C=O) groups is 2. The van der Waals surface area contributed by atoms with Crippen molar-refractivity contribution in [3.05, 3.63) is 103 Å². The second-order valence-corrected chi connectivity index (χ2v) is 7.55. The molecule has 3 rings (SSSR count). The van der Waals surface area contributed by atoms with E-state index in [4.69, 9.17) is 14.8 Å². The lowest BCUT2D eigenvalue weighted by Crippen LogP contribution is -2.43. The molecule has 0 aliphatic heterocycles. The Morgan fingerprint density at radius 2 is 1.71 bits per heavy atom. The van der Waals surface area contributed by atoms with Crippen molar-refractivity contribution in [3.8, 4) is 11.3 Å². The SMILES string of the molecule is C=CCC/C=C(\C=C)C(NC(=O)c1c(C)c(-c2ccccc2)nc2ccccc12)C(=O)OC.CO. The third-order valence-corrected chi connectivity index (χ3v) is 5.44. The summed E-state index contributed by atoms with van der Waals surface area (Å²) in [6, 6.07) is 16.2. The first kappa shape index (κ1) is 27.2. The molecule has 0 bridgehead atoms. The van der Waals surface area contributed by atoms with Crippen LogP contribution in [0, 0.1) is 6.92 Å². The Bertz CT molecular complexity index is 1220. The molecule has 6 heteroatoms. The van der Waals surface area contributed by atoms with Gasteiger partial charge in [-0.2, -0.15) is 0 Å². The number of unbranched alkanes of at least 4 members (excludes halogenated alkanes) is 1. The number of hydrogen-bond acceptors (Lipinski definition) is 5. The minimum absolute atomic E-state index is 0.379. The van der Waals surface area contributed by atoms with Gasteiger partial charge in [0.25, 0.3) is 5.91 Å². The molecule has 1 heterocycles. The molecule has 6 nitrogen and oxygen atoms in total. The van der Waals surface area contributed by atoms with E-state index in [0.717, 1.165) is 30.4 Å². The van der Waals surface area contributed by atoms with Crippen LogP contribution in [0.2, 0.25) is 0 Å². The number of nitrogens with zero attached hydrogens (tertiary/aromatic N) is 1. The molecule has 35 heavy (non-hydrogen) atoms. The lowest BCUT2D eigenvalue weighted by atomic mass is 9.96. The lowest BCUT2D eigenvalue weighted by molar-refractivity contribution is -0.141. The van der Waals surface area contributed by atoms with Crippen LogP contribution in [0.1, 0.15) is 28.8 Å². The number of nitrogens with one attached hydrogen (secondary N) is 1. The summed E-state index contributed by atoms with van der Waals surface area (Å²) in [5.41, 5.74) is 4.12. The van der Waals surface area contributed by atoms with Gasteiger partial charge in [0, 0.05) is 18.1 Å². The summed E-state index contributed by atoms with van der Waals surface area (Å²) in [6.45, 7) is 9.41. The Kier molecular flexibility index (Phi) is 10.6. The maximum absolute atomic E-state index is 13.6. The topological polar surface area (TPSA) is 88.5 Å². The minimum atomic E-state index is -0.976. The van der Waals surface area contributed by atoms with Gasteiger partial charge in [-0.15, -0.1) is 6.58 Å². The van der Waals surface area contributed by atoms with E-state index in [1.165, 1.54) is 7.11 Å². The summed E-state index contributed by atoms with van der Waals surface area (Å²) < 4.78 is 4.97. The van der Waals surface area contributed by atoms with Gasteiger partial charge in [0.1, 0.15) is 0 Å². The fraction of sp³-hybridized carbons (Fsp3) is 0.207. The molecule has 2 N–H and O–H groups in total. The number of aromatic nitrogens is 1. The Morgan fingerprint density at radius 3 is 2.34 bits per heavy atom. The molecule has 2 aromatic carbocycles. The maximum Gasteiger partial charge on any atom is 0.333 e. The van der Waals surface area contributed by atoms with Gasteiger partial charge in [-0.05, 0) is 37.0 Å². The largest absolute Gasteiger partial charge is 0.467 e. The summed E-state index contributed by atoms with van der Waals surface area (Å²) in [7, 11) is 2.30. The number of rotatable bonds is 9. The molecule has 3 aromatic rings. The van der Waals surface area contributed by atoms with Gasteiger partial charge in [-0.25, -0.2) is 9.78 Å². The molecule has 0 aliphatic carbocycles. The Morgan fingerprint density at radius 1 is 1.06 bits per heavy atom. The molecule has 1 amide bonds. The summed E-state index contributed by atoms with van der Waals surface area (Å²) in [6.07, 6.45) is 6.64. The first-order chi connectivity index (χ1) is 17.0. The van der Waals surface area contributed by atoms with Crippen molar-refractivity contribution >= 4 is 22.8 Å². The van der Waals surface area contributed by atoms with E-state index in [2.05, 4.69) is 18.5 Å². The van der Waals surface area contributed by atoms with Crippen LogP contribution in [0.25, 0.3) is 22.2 Å². The number of benzene rings is 2. The zero-order chi connectivity index (χ0) is 25.8. The quantitative estimate of drug-likeness (QED) is 0.194. The average Bonchev–Trinajstić information content (AvgIpc) is 2.90. The fourth-order valence-electron chi connectivity index (χ4n) is 3.76. The first-order valence-corrected chi connectivity index (χ1v) is 11.2. The highest BCUT2D eigenvalue weighted by molar-refractivity contribution is 6.10. The van der Waals surface area contributed by atoms with Gasteiger partial charge in [0.2, 0.25) is 0 Å². The van der Waals surface area contributed by atoms with Crippen molar-refractivity contribution in [2.75, 3.05) is 14.2 Å². The predicted molar refractivity (Wildman–Crippen MR) is 141 cm³/mol. The first-order valence-electron chi connectivity index (χ1n) is 11.2. The summed E-state index contributed by atoms with van der Waals surface area (Å²) >= 11 is 0. The number of hydrogen-bond donors (Lipinski definition) is 2. The van der Waals surface area contributed by atoms with Crippen molar-refractivity contribution in [2.45, 2.75) is 25.8 Å². The van der Waals surface area contributed by atoms with Gasteiger partial charge in [-0.3, -0.25) is 4.79 Å². The third kappa shape index (κ3) is 6.52. The van der Waals surface area contributed by atoms with Crippen LogP contribution >= 0.6 is 0 Å². The molecule has 182 valence electrons. The number of ether oxygens (including phenoxy) is 1. The molecule has 0 radical (unpaired) electrons.